The van der Waals surface area contributed by atoms with Crippen molar-refractivity contribution in [2.45, 2.75) is 26.2 Å². The van der Waals surface area contributed by atoms with Crippen LogP contribution in [0.2, 0.25) is 0 Å². The standard InChI is InChI=1S/C15H23FN2O2/c1-3-4-11(7-8-17)10-18-15(19)12-5-6-13(16)14(9-12)20-2/h5-6,9,11H,3-4,7-8,10,17H2,1-2H3,(H,18,19). The first-order valence-corrected chi connectivity index (χ1v) is 6.94. The molecule has 0 saturated heterocycles. The Labute approximate surface area is 119 Å². The van der Waals surface area contributed by atoms with Crippen LogP contribution in [0.5, 0.6) is 5.75 Å². The molecule has 1 unspecified atom stereocenters. The third kappa shape index (κ3) is 4.81. The van der Waals surface area contributed by atoms with Gasteiger partial charge in [0.2, 0.25) is 0 Å². The van der Waals surface area contributed by atoms with Gasteiger partial charge in [-0.1, -0.05) is 13.3 Å². The first kappa shape index (κ1) is 16.4. The van der Waals surface area contributed by atoms with E-state index in [2.05, 4.69) is 12.2 Å². The Morgan fingerprint density at radius 3 is 2.80 bits per heavy atom. The number of ether oxygens (including phenoxy) is 1. The molecule has 1 amide bonds. The summed E-state index contributed by atoms with van der Waals surface area (Å²) in [6.45, 7) is 3.31. The summed E-state index contributed by atoms with van der Waals surface area (Å²) in [5.41, 5.74) is 5.96. The monoisotopic (exact) mass is 282 g/mol. The number of halogens is 1. The number of rotatable bonds is 8. The topological polar surface area (TPSA) is 64.3 Å². The van der Waals surface area contributed by atoms with Gasteiger partial charge in [0.15, 0.2) is 11.6 Å². The third-order valence-corrected chi connectivity index (χ3v) is 3.24. The summed E-state index contributed by atoms with van der Waals surface area (Å²) >= 11 is 0. The zero-order chi connectivity index (χ0) is 15.0. The van der Waals surface area contributed by atoms with Crippen molar-refractivity contribution in [1.29, 1.82) is 0 Å². The fraction of sp³-hybridized carbons (Fsp3) is 0.533. The fourth-order valence-corrected chi connectivity index (χ4v) is 2.13. The lowest BCUT2D eigenvalue weighted by Gasteiger charge is -2.16. The first-order valence-electron chi connectivity index (χ1n) is 6.94. The minimum absolute atomic E-state index is 0.0738. The first-order chi connectivity index (χ1) is 9.62. The van der Waals surface area contributed by atoms with E-state index in [-0.39, 0.29) is 11.7 Å². The predicted molar refractivity (Wildman–Crippen MR) is 77.4 cm³/mol. The molecule has 0 aromatic heterocycles. The van der Waals surface area contributed by atoms with E-state index in [0.29, 0.717) is 24.6 Å². The highest BCUT2D eigenvalue weighted by molar-refractivity contribution is 5.94. The van der Waals surface area contributed by atoms with Crippen molar-refractivity contribution in [3.8, 4) is 5.75 Å². The lowest BCUT2D eigenvalue weighted by molar-refractivity contribution is 0.0945. The average Bonchev–Trinajstić information content (AvgIpc) is 2.45. The Morgan fingerprint density at radius 2 is 2.20 bits per heavy atom. The minimum Gasteiger partial charge on any atom is -0.494 e. The normalized spacial score (nSPS) is 12.0. The Balaban J connectivity index is 2.61. The van der Waals surface area contributed by atoms with Crippen LogP contribution in [0.15, 0.2) is 18.2 Å². The molecule has 20 heavy (non-hydrogen) atoms. The highest BCUT2D eigenvalue weighted by Crippen LogP contribution is 2.18. The molecule has 3 N–H and O–H groups in total. The van der Waals surface area contributed by atoms with Crippen LogP contribution in [-0.2, 0) is 0 Å². The van der Waals surface area contributed by atoms with Gasteiger partial charge in [0.1, 0.15) is 0 Å². The number of carbonyl (C=O) groups is 1. The molecule has 1 rings (SSSR count). The zero-order valence-electron chi connectivity index (χ0n) is 12.1. The Hall–Kier alpha value is -1.62. The molecule has 1 aromatic carbocycles. The maximum absolute atomic E-state index is 13.3. The summed E-state index contributed by atoms with van der Waals surface area (Å²) in [4.78, 5) is 12.0. The molecule has 0 saturated carbocycles. The maximum atomic E-state index is 13.3. The van der Waals surface area contributed by atoms with Crippen molar-refractivity contribution in [3.05, 3.63) is 29.6 Å². The van der Waals surface area contributed by atoms with Gasteiger partial charge in [-0.25, -0.2) is 4.39 Å². The van der Waals surface area contributed by atoms with E-state index in [4.69, 9.17) is 10.5 Å². The van der Waals surface area contributed by atoms with Gasteiger partial charge in [-0.2, -0.15) is 0 Å². The summed E-state index contributed by atoms with van der Waals surface area (Å²) in [7, 11) is 1.37. The molecule has 0 spiro atoms. The lowest BCUT2D eigenvalue weighted by atomic mass is 10.00. The maximum Gasteiger partial charge on any atom is 0.251 e. The molecule has 0 fully saturated rings. The van der Waals surface area contributed by atoms with Crippen LogP contribution in [-0.4, -0.2) is 26.1 Å². The number of nitrogens with two attached hydrogens (primary N) is 1. The van der Waals surface area contributed by atoms with Gasteiger partial charge in [-0.05, 0) is 43.5 Å². The van der Waals surface area contributed by atoms with Crippen molar-refractivity contribution in [1.82, 2.24) is 5.32 Å². The minimum atomic E-state index is -0.476. The second-order valence-corrected chi connectivity index (χ2v) is 4.79. The van der Waals surface area contributed by atoms with E-state index >= 15 is 0 Å². The number of amides is 1. The smallest absolute Gasteiger partial charge is 0.251 e. The Morgan fingerprint density at radius 1 is 1.45 bits per heavy atom. The van der Waals surface area contributed by atoms with Crippen molar-refractivity contribution < 1.29 is 13.9 Å². The van der Waals surface area contributed by atoms with Gasteiger partial charge in [0, 0.05) is 12.1 Å². The molecule has 0 bridgehead atoms. The predicted octanol–water partition coefficient (Wildman–Crippen LogP) is 2.33. The van der Waals surface area contributed by atoms with Crippen LogP contribution in [0.4, 0.5) is 4.39 Å². The van der Waals surface area contributed by atoms with Crippen LogP contribution in [0, 0.1) is 11.7 Å². The van der Waals surface area contributed by atoms with Gasteiger partial charge in [-0.15, -0.1) is 0 Å². The average molecular weight is 282 g/mol. The molecule has 5 heteroatoms. The Bertz CT molecular complexity index is 432. The lowest BCUT2D eigenvalue weighted by Crippen LogP contribution is -2.30. The molecule has 0 radical (unpaired) electrons. The van der Waals surface area contributed by atoms with Crippen LogP contribution in [0.1, 0.15) is 36.5 Å². The summed E-state index contributed by atoms with van der Waals surface area (Å²) < 4.78 is 18.1. The third-order valence-electron chi connectivity index (χ3n) is 3.24. The summed E-state index contributed by atoms with van der Waals surface area (Å²) in [5, 5.41) is 2.87. The van der Waals surface area contributed by atoms with Crippen LogP contribution in [0.25, 0.3) is 0 Å². The van der Waals surface area contributed by atoms with Crippen molar-refractivity contribution in [2.24, 2.45) is 11.7 Å². The molecule has 0 aliphatic rings. The number of hydrogen-bond donors (Lipinski definition) is 2. The van der Waals surface area contributed by atoms with Crippen LogP contribution < -0.4 is 15.8 Å². The highest BCUT2D eigenvalue weighted by Gasteiger charge is 2.12. The molecule has 1 aromatic rings. The molecule has 112 valence electrons. The van der Waals surface area contributed by atoms with Gasteiger partial charge in [0.25, 0.3) is 5.91 Å². The molecule has 1 atom stereocenters. The number of benzene rings is 1. The van der Waals surface area contributed by atoms with E-state index in [1.54, 1.807) is 0 Å². The van der Waals surface area contributed by atoms with Crippen molar-refractivity contribution in [2.75, 3.05) is 20.2 Å². The van der Waals surface area contributed by atoms with E-state index in [0.717, 1.165) is 19.3 Å². The van der Waals surface area contributed by atoms with E-state index in [1.807, 2.05) is 0 Å². The van der Waals surface area contributed by atoms with E-state index < -0.39 is 5.82 Å². The fourth-order valence-electron chi connectivity index (χ4n) is 2.13. The molecular formula is C15H23FN2O2. The second kappa shape index (κ2) is 8.53. The molecule has 0 heterocycles. The van der Waals surface area contributed by atoms with Gasteiger partial charge in [0.05, 0.1) is 7.11 Å². The van der Waals surface area contributed by atoms with Gasteiger partial charge < -0.3 is 15.8 Å². The number of hydrogen-bond acceptors (Lipinski definition) is 3. The number of methoxy groups -OCH3 is 1. The molecule has 0 aliphatic heterocycles. The highest BCUT2D eigenvalue weighted by atomic mass is 19.1. The largest absolute Gasteiger partial charge is 0.494 e. The van der Waals surface area contributed by atoms with E-state index in [1.165, 1.54) is 25.3 Å². The summed E-state index contributed by atoms with van der Waals surface area (Å²) in [5.74, 6) is -0.238. The van der Waals surface area contributed by atoms with Crippen molar-refractivity contribution >= 4 is 5.91 Å². The van der Waals surface area contributed by atoms with Crippen molar-refractivity contribution in [3.63, 3.8) is 0 Å². The van der Waals surface area contributed by atoms with Crippen LogP contribution >= 0.6 is 0 Å². The molecule has 4 nitrogen and oxygen atoms in total. The number of nitrogens with one attached hydrogen (secondary N) is 1. The summed E-state index contributed by atoms with van der Waals surface area (Å²) in [6, 6.07) is 4.09. The zero-order valence-corrected chi connectivity index (χ0v) is 12.1. The molecule has 0 aliphatic carbocycles. The van der Waals surface area contributed by atoms with Gasteiger partial charge >= 0.3 is 0 Å². The van der Waals surface area contributed by atoms with Gasteiger partial charge in [-0.3, -0.25) is 4.79 Å². The SMILES string of the molecule is CCCC(CCN)CNC(=O)c1ccc(F)c(OC)c1. The summed E-state index contributed by atoms with van der Waals surface area (Å²) in [6.07, 6.45) is 2.98. The van der Waals surface area contributed by atoms with Crippen LogP contribution in [0.3, 0.4) is 0 Å². The second-order valence-electron chi connectivity index (χ2n) is 4.79. The molecular weight excluding hydrogens is 259 g/mol. The number of carbonyl (C=O) groups excluding carboxylic acids is 1. The Kier molecular flexibility index (Phi) is 7.01. The van der Waals surface area contributed by atoms with E-state index in [9.17, 15) is 9.18 Å². The quantitative estimate of drug-likeness (QED) is 0.769.